The highest BCUT2D eigenvalue weighted by atomic mass is 32.2. The number of hydrogen-bond acceptors (Lipinski definition) is 10. The van der Waals surface area contributed by atoms with Crippen LogP contribution in [0.5, 0.6) is 0 Å². The van der Waals surface area contributed by atoms with E-state index in [0.717, 1.165) is 4.90 Å². The predicted molar refractivity (Wildman–Crippen MR) is 99.4 cm³/mol. The van der Waals surface area contributed by atoms with Crippen LogP contribution in [0.25, 0.3) is 10.4 Å². The lowest BCUT2D eigenvalue weighted by Crippen LogP contribution is -2.59. The first kappa shape index (κ1) is 22.5. The lowest BCUT2D eigenvalue weighted by molar-refractivity contribution is -0.201. The number of aromatic nitrogens is 1. The second-order valence-electron chi connectivity index (χ2n) is 5.99. The summed E-state index contributed by atoms with van der Waals surface area (Å²) in [7, 11) is 0. The molecule has 0 spiro atoms. The van der Waals surface area contributed by atoms with Gasteiger partial charge >= 0.3 is 17.9 Å². The number of pyridine rings is 1. The molecule has 3 unspecified atom stereocenters. The summed E-state index contributed by atoms with van der Waals surface area (Å²) in [6.07, 6.45) is 0.0365. The third-order valence-electron chi connectivity index (χ3n) is 3.76. The number of thioether (sulfide) groups is 1. The van der Waals surface area contributed by atoms with Gasteiger partial charge in [-0.25, -0.2) is 0 Å². The molecule has 1 aromatic rings. The van der Waals surface area contributed by atoms with Crippen molar-refractivity contribution in [2.24, 2.45) is 5.11 Å². The van der Waals surface area contributed by atoms with Crippen LogP contribution in [0.15, 0.2) is 34.5 Å². The SMILES string of the molecule is CC(=O)OCC1O[C@H](Sc2ccncc2)C(OC(C)=O)C(N=[N+]=[N-])[C@H]1OC(C)=O. The molecule has 0 aliphatic carbocycles. The molecule has 1 aliphatic rings. The lowest BCUT2D eigenvalue weighted by Gasteiger charge is -2.43. The Morgan fingerprint density at radius 1 is 1.14 bits per heavy atom. The smallest absolute Gasteiger partial charge is 0.303 e. The van der Waals surface area contributed by atoms with E-state index in [2.05, 4.69) is 15.0 Å². The molecule has 2 heterocycles. The fourth-order valence-electron chi connectivity index (χ4n) is 2.72. The van der Waals surface area contributed by atoms with Crippen molar-refractivity contribution in [3.8, 4) is 0 Å². The average molecular weight is 424 g/mol. The van der Waals surface area contributed by atoms with E-state index in [1.165, 1.54) is 32.5 Å². The number of azide groups is 1. The summed E-state index contributed by atoms with van der Waals surface area (Å²) in [5, 5.41) is 3.70. The van der Waals surface area contributed by atoms with Gasteiger partial charge in [0.15, 0.2) is 0 Å². The maximum atomic E-state index is 11.7. The Hall–Kier alpha value is -2.82. The molecular formula is C17H20N4O7S. The molecule has 1 aliphatic heterocycles. The summed E-state index contributed by atoms with van der Waals surface area (Å²) in [4.78, 5) is 42.0. The molecule has 1 fully saturated rings. The predicted octanol–water partition coefficient (Wildman–Crippen LogP) is 2.00. The summed E-state index contributed by atoms with van der Waals surface area (Å²) < 4.78 is 21.6. The van der Waals surface area contributed by atoms with Crippen LogP contribution in [0.3, 0.4) is 0 Å². The fourth-order valence-corrected chi connectivity index (χ4v) is 3.82. The van der Waals surface area contributed by atoms with Crippen molar-refractivity contribution in [2.45, 2.75) is 55.5 Å². The first-order valence-corrected chi connectivity index (χ1v) is 9.44. The molecule has 29 heavy (non-hydrogen) atoms. The van der Waals surface area contributed by atoms with E-state index in [-0.39, 0.29) is 6.61 Å². The van der Waals surface area contributed by atoms with Crippen molar-refractivity contribution >= 4 is 29.7 Å². The van der Waals surface area contributed by atoms with Crippen LogP contribution in [0.1, 0.15) is 20.8 Å². The van der Waals surface area contributed by atoms with Gasteiger partial charge in [-0.15, -0.1) is 0 Å². The zero-order valence-electron chi connectivity index (χ0n) is 16.0. The van der Waals surface area contributed by atoms with Gasteiger partial charge in [-0.2, -0.15) is 0 Å². The van der Waals surface area contributed by atoms with Gasteiger partial charge < -0.3 is 18.9 Å². The minimum absolute atomic E-state index is 0.245. The molecule has 12 heteroatoms. The van der Waals surface area contributed by atoms with E-state index in [1.54, 1.807) is 24.5 Å². The summed E-state index contributed by atoms with van der Waals surface area (Å²) in [6, 6.07) is 2.35. The topological polar surface area (TPSA) is 150 Å². The highest BCUT2D eigenvalue weighted by molar-refractivity contribution is 7.99. The van der Waals surface area contributed by atoms with Crippen LogP contribution >= 0.6 is 11.8 Å². The minimum atomic E-state index is -1.12. The standard InChI is InChI=1S/C17H20N4O7S/c1-9(22)25-8-13-15(26-10(2)23)14(20-21-18)16(27-11(3)24)17(28-13)29-12-4-6-19-7-5-12/h4-7,13-17H,8H2,1-3H3/t13?,14?,15-,16?,17+/m0/s1. The van der Waals surface area contributed by atoms with Crippen molar-refractivity contribution in [3.05, 3.63) is 35.0 Å². The highest BCUT2D eigenvalue weighted by Gasteiger charge is 2.50. The molecule has 0 bridgehead atoms. The van der Waals surface area contributed by atoms with Gasteiger partial charge in [0.05, 0.1) is 0 Å². The third kappa shape index (κ3) is 6.63. The van der Waals surface area contributed by atoms with Gasteiger partial charge in [-0.1, -0.05) is 16.9 Å². The Kier molecular flexibility index (Phi) is 8.25. The van der Waals surface area contributed by atoms with E-state index in [1.807, 2.05) is 0 Å². The monoisotopic (exact) mass is 424 g/mol. The van der Waals surface area contributed by atoms with Gasteiger partial charge in [0, 0.05) is 43.0 Å². The number of hydrogen-bond donors (Lipinski definition) is 0. The van der Waals surface area contributed by atoms with E-state index < -0.39 is 47.7 Å². The van der Waals surface area contributed by atoms with Crippen molar-refractivity contribution in [1.29, 1.82) is 0 Å². The fraction of sp³-hybridized carbons (Fsp3) is 0.529. The van der Waals surface area contributed by atoms with Crippen LogP contribution in [-0.2, 0) is 33.3 Å². The number of rotatable bonds is 7. The third-order valence-corrected chi connectivity index (χ3v) is 4.91. The first-order chi connectivity index (χ1) is 13.8. The molecule has 1 aromatic heterocycles. The van der Waals surface area contributed by atoms with E-state index in [0.29, 0.717) is 0 Å². The van der Waals surface area contributed by atoms with Gasteiger partial charge in [-0.3, -0.25) is 19.4 Å². The Morgan fingerprint density at radius 3 is 2.31 bits per heavy atom. The maximum absolute atomic E-state index is 11.7. The van der Waals surface area contributed by atoms with E-state index in [9.17, 15) is 14.4 Å². The number of carbonyl (C=O) groups is 3. The maximum Gasteiger partial charge on any atom is 0.303 e. The quantitative estimate of drug-likeness (QED) is 0.210. The van der Waals surface area contributed by atoms with Crippen molar-refractivity contribution < 1.29 is 33.3 Å². The average Bonchev–Trinajstić information content (AvgIpc) is 2.65. The lowest BCUT2D eigenvalue weighted by atomic mass is 9.97. The van der Waals surface area contributed by atoms with Crippen LogP contribution in [0.4, 0.5) is 0 Å². The second-order valence-corrected chi connectivity index (χ2v) is 7.16. The van der Waals surface area contributed by atoms with Crippen LogP contribution in [0.2, 0.25) is 0 Å². The van der Waals surface area contributed by atoms with Crippen molar-refractivity contribution in [1.82, 2.24) is 4.98 Å². The summed E-state index contributed by atoms with van der Waals surface area (Å²) in [5.74, 6) is -1.85. The van der Waals surface area contributed by atoms with E-state index >= 15 is 0 Å². The van der Waals surface area contributed by atoms with Gasteiger partial charge in [0.25, 0.3) is 0 Å². The summed E-state index contributed by atoms with van der Waals surface area (Å²) >= 11 is 1.20. The molecule has 0 aromatic carbocycles. The molecule has 0 amide bonds. The number of carbonyl (C=O) groups excluding carboxylic acids is 3. The molecule has 156 valence electrons. The van der Waals surface area contributed by atoms with Crippen LogP contribution in [-0.4, -0.2) is 59.3 Å². The number of esters is 3. The van der Waals surface area contributed by atoms with Gasteiger partial charge in [0.2, 0.25) is 0 Å². The molecule has 0 radical (unpaired) electrons. The Labute approximate surface area is 170 Å². The molecule has 1 saturated heterocycles. The highest BCUT2D eigenvalue weighted by Crippen LogP contribution is 2.37. The molecule has 5 atom stereocenters. The first-order valence-electron chi connectivity index (χ1n) is 8.56. The second kappa shape index (κ2) is 10.6. The van der Waals surface area contributed by atoms with Gasteiger partial charge in [-0.05, 0) is 17.7 Å². The summed E-state index contributed by atoms with van der Waals surface area (Å²) in [6.45, 7) is 3.35. The number of ether oxygens (including phenoxy) is 4. The minimum Gasteiger partial charge on any atom is -0.463 e. The zero-order valence-corrected chi connectivity index (χ0v) is 16.8. The molecule has 0 N–H and O–H groups in total. The summed E-state index contributed by atoms with van der Waals surface area (Å²) in [5.41, 5.74) is 8.21. The van der Waals surface area contributed by atoms with Crippen LogP contribution < -0.4 is 0 Å². The molecule has 2 rings (SSSR count). The van der Waals surface area contributed by atoms with E-state index in [4.69, 9.17) is 24.5 Å². The largest absolute Gasteiger partial charge is 0.463 e. The molecule has 11 nitrogen and oxygen atoms in total. The number of nitrogens with zero attached hydrogens (tertiary/aromatic N) is 4. The Balaban J connectivity index is 2.41. The van der Waals surface area contributed by atoms with Crippen molar-refractivity contribution in [2.75, 3.05) is 6.61 Å². The Bertz CT molecular complexity index is 787. The van der Waals surface area contributed by atoms with Crippen LogP contribution in [0, 0.1) is 0 Å². The molecule has 0 saturated carbocycles. The normalized spacial score (nSPS) is 26.0. The van der Waals surface area contributed by atoms with Gasteiger partial charge in [0.1, 0.15) is 36.4 Å². The molecular weight excluding hydrogens is 404 g/mol. The van der Waals surface area contributed by atoms with Crippen molar-refractivity contribution in [3.63, 3.8) is 0 Å². The zero-order chi connectivity index (χ0) is 21.4. The Morgan fingerprint density at radius 2 is 1.76 bits per heavy atom.